The Labute approximate surface area is 322 Å². The number of allylic oxidation sites excluding steroid dienone is 1. The minimum Gasteiger partial charge on any atom is -0.508 e. The number of aliphatic hydroxyl groups excluding tert-OH is 2. The van der Waals surface area contributed by atoms with Crippen molar-refractivity contribution >= 4 is 11.6 Å². The molecule has 1 aliphatic heterocycles. The fraction of sp³-hybridized carbons (Fsp3) is 0.600. The average molecular weight is 743 g/mol. The van der Waals surface area contributed by atoms with Crippen molar-refractivity contribution in [2.45, 2.75) is 121 Å². The number of aliphatic hydroxyl groups is 2. The summed E-state index contributed by atoms with van der Waals surface area (Å²) in [6, 6.07) is 14.8. The minimum atomic E-state index is -1.27. The molecule has 9 nitrogen and oxygen atoms in total. The van der Waals surface area contributed by atoms with Crippen molar-refractivity contribution in [3.63, 3.8) is 0 Å². The third-order valence-electron chi connectivity index (χ3n) is 12.3. The number of benzene rings is 2. The van der Waals surface area contributed by atoms with Gasteiger partial charge in [0.1, 0.15) is 24.1 Å². The molecule has 0 radical (unpaired) electrons. The maximum atomic E-state index is 14.6. The Hall–Kier alpha value is -3.66. The van der Waals surface area contributed by atoms with Crippen LogP contribution < -0.4 is 4.74 Å². The summed E-state index contributed by atoms with van der Waals surface area (Å²) >= 11 is 0. The quantitative estimate of drug-likeness (QED) is 0.0708. The lowest BCUT2D eigenvalue weighted by atomic mass is 9.55. The molecule has 0 spiro atoms. The van der Waals surface area contributed by atoms with E-state index in [4.69, 9.17) is 19.5 Å². The number of fused-ring (bicyclic) bond motifs is 2. The van der Waals surface area contributed by atoms with Gasteiger partial charge < -0.3 is 34.5 Å². The standard InChI is InChI=1S/C45H62N2O7/c1-3-24-47(42(51)23-20-32-14-8-9-15-32)41-30-39(46-53-31-33-16-6-5-7-17-33)37-28-34(18-10-12-25-48)36(19-11-13-26-49)43-38-29-35(50)21-22-40(38)54-45(41,44(37)43)52-27-4-2/h4-7,16-17,21-22,28-29,32,34,36,41,43-44,48-50H,2-3,8-15,18-20,23-27,30-31H2,1H3. The van der Waals surface area contributed by atoms with Gasteiger partial charge in [0.2, 0.25) is 11.7 Å². The van der Waals surface area contributed by atoms with Crippen LogP contribution in [-0.2, 0) is 21.0 Å². The van der Waals surface area contributed by atoms with Crippen molar-refractivity contribution in [2.75, 3.05) is 26.4 Å². The SMILES string of the molecule is C=CCOC12Oc3ccc(O)cc3C3C(CCCCO)C(CCCCO)C=C(C(=NOCc4ccccc4)CC1N(CCC)C(=O)CCC1CCCC1)C32. The third-order valence-corrected chi connectivity index (χ3v) is 12.3. The number of phenols is 1. The average Bonchev–Trinajstić information content (AvgIpc) is 3.71. The smallest absolute Gasteiger partial charge is 0.239 e. The highest BCUT2D eigenvalue weighted by atomic mass is 16.7. The molecule has 0 aromatic heterocycles. The molecule has 2 aromatic rings. The Morgan fingerprint density at radius 2 is 1.80 bits per heavy atom. The molecule has 3 aliphatic carbocycles. The van der Waals surface area contributed by atoms with Crippen LogP contribution in [0.5, 0.6) is 11.5 Å². The summed E-state index contributed by atoms with van der Waals surface area (Å²) in [4.78, 5) is 22.8. The van der Waals surface area contributed by atoms with Gasteiger partial charge in [-0.15, -0.1) is 6.58 Å². The number of amides is 1. The molecule has 0 saturated heterocycles. The first-order valence-corrected chi connectivity index (χ1v) is 20.7. The van der Waals surface area contributed by atoms with Crippen molar-refractivity contribution in [3.8, 4) is 11.5 Å². The molecule has 294 valence electrons. The summed E-state index contributed by atoms with van der Waals surface area (Å²) < 4.78 is 14.3. The zero-order valence-corrected chi connectivity index (χ0v) is 32.2. The fourth-order valence-corrected chi connectivity index (χ4v) is 9.88. The Kier molecular flexibility index (Phi) is 14.3. The molecular weight excluding hydrogens is 681 g/mol. The van der Waals surface area contributed by atoms with Crippen molar-refractivity contribution in [2.24, 2.45) is 28.8 Å². The van der Waals surface area contributed by atoms with Crippen LogP contribution in [0.4, 0.5) is 0 Å². The van der Waals surface area contributed by atoms with Crippen LogP contribution in [-0.4, -0.2) is 70.0 Å². The summed E-state index contributed by atoms with van der Waals surface area (Å²) in [5, 5.41) is 35.5. The molecule has 6 rings (SSSR count). The molecule has 6 unspecified atom stereocenters. The van der Waals surface area contributed by atoms with Gasteiger partial charge in [0.05, 0.1) is 18.2 Å². The van der Waals surface area contributed by atoms with Gasteiger partial charge in [-0.3, -0.25) is 4.79 Å². The zero-order chi connectivity index (χ0) is 37.9. The normalized spacial score (nSPS) is 26.8. The summed E-state index contributed by atoms with van der Waals surface area (Å²) in [6.07, 6.45) is 16.3. The van der Waals surface area contributed by atoms with Gasteiger partial charge in [-0.2, -0.15) is 0 Å². The number of aromatic hydroxyl groups is 1. The number of rotatable bonds is 20. The number of hydrogen-bond acceptors (Lipinski definition) is 8. The van der Waals surface area contributed by atoms with Gasteiger partial charge in [-0.1, -0.05) is 93.1 Å². The van der Waals surface area contributed by atoms with E-state index in [2.05, 4.69) is 19.6 Å². The minimum absolute atomic E-state index is 0.112. The molecule has 6 atom stereocenters. The highest BCUT2D eigenvalue weighted by Crippen LogP contribution is 2.62. The molecule has 1 heterocycles. The number of carbonyl (C=O) groups is 1. The van der Waals surface area contributed by atoms with E-state index in [1.165, 1.54) is 25.7 Å². The van der Waals surface area contributed by atoms with Crippen LogP contribution in [0.1, 0.15) is 114 Å². The molecule has 2 saturated carbocycles. The highest BCUT2D eigenvalue weighted by molar-refractivity contribution is 6.03. The maximum absolute atomic E-state index is 14.6. The second kappa shape index (κ2) is 19.3. The molecule has 1 amide bonds. The second-order valence-corrected chi connectivity index (χ2v) is 15.8. The highest BCUT2D eigenvalue weighted by Gasteiger charge is 2.65. The number of ether oxygens (including phenoxy) is 2. The number of hydrogen-bond donors (Lipinski definition) is 3. The van der Waals surface area contributed by atoms with E-state index < -0.39 is 11.8 Å². The van der Waals surface area contributed by atoms with Crippen LogP contribution in [0.3, 0.4) is 0 Å². The van der Waals surface area contributed by atoms with Crippen molar-refractivity contribution < 1.29 is 34.4 Å². The lowest BCUT2D eigenvalue weighted by molar-refractivity contribution is -0.257. The van der Waals surface area contributed by atoms with Gasteiger partial charge in [0, 0.05) is 44.1 Å². The number of carbonyl (C=O) groups excluding carboxylic acids is 1. The molecule has 4 aliphatic rings. The van der Waals surface area contributed by atoms with E-state index in [-0.39, 0.29) is 55.1 Å². The molecule has 2 aromatic carbocycles. The molecule has 0 bridgehead atoms. The lowest BCUT2D eigenvalue weighted by Gasteiger charge is -2.60. The lowest BCUT2D eigenvalue weighted by Crippen LogP contribution is -2.70. The Morgan fingerprint density at radius 1 is 1.04 bits per heavy atom. The topological polar surface area (TPSA) is 121 Å². The van der Waals surface area contributed by atoms with Crippen LogP contribution >= 0.6 is 0 Å². The number of unbranched alkanes of at least 4 members (excludes halogenated alkanes) is 2. The van der Waals surface area contributed by atoms with Gasteiger partial charge in [-0.05, 0) is 85.6 Å². The molecule has 9 heteroatoms. The zero-order valence-electron chi connectivity index (χ0n) is 32.2. The van der Waals surface area contributed by atoms with Crippen LogP contribution in [0.15, 0.2) is 78.0 Å². The Morgan fingerprint density at radius 3 is 2.52 bits per heavy atom. The predicted molar refractivity (Wildman–Crippen MR) is 211 cm³/mol. The summed E-state index contributed by atoms with van der Waals surface area (Å²) in [5.74, 6) is -0.0266. The number of oxime groups is 1. The summed E-state index contributed by atoms with van der Waals surface area (Å²) in [6.45, 7) is 7.48. The molecule has 3 N–H and O–H groups in total. The fourth-order valence-electron chi connectivity index (χ4n) is 9.88. The molecule has 54 heavy (non-hydrogen) atoms. The van der Waals surface area contributed by atoms with E-state index in [1.54, 1.807) is 12.1 Å². The largest absolute Gasteiger partial charge is 0.508 e. The first-order chi connectivity index (χ1) is 26.4. The van der Waals surface area contributed by atoms with E-state index in [1.807, 2.05) is 47.4 Å². The van der Waals surface area contributed by atoms with E-state index in [9.17, 15) is 20.1 Å². The van der Waals surface area contributed by atoms with Crippen molar-refractivity contribution in [3.05, 3.63) is 84.0 Å². The van der Waals surface area contributed by atoms with E-state index in [0.29, 0.717) is 50.5 Å². The van der Waals surface area contributed by atoms with E-state index >= 15 is 0 Å². The number of nitrogens with zero attached hydrogens (tertiary/aromatic N) is 2. The summed E-state index contributed by atoms with van der Waals surface area (Å²) in [7, 11) is 0. The van der Waals surface area contributed by atoms with E-state index in [0.717, 1.165) is 60.9 Å². The van der Waals surface area contributed by atoms with Gasteiger partial charge >= 0.3 is 0 Å². The van der Waals surface area contributed by atoms with Crippen LogP contribution in [0, 0.1) is 23.7 Å². The van der Waals surface area contributed by atoms with Crippen molar-refractivity contribution in [1.29, 1.82) is 0 Å². The second-order valence-electron chi connectivity index (χ2n) is 15.8. The predicted octanol–water partition coefficient (Wildman–Crippen LogP) is 8.44. The van der Waals surface area contributed by atoms with Crippen LogP contribution in [0.2, 0.25) is 0 Å². The number of phenolic OH excluding ortho intramolecular Hbond substituents is 1. The molecule has 2 fully saturated rings. The molecular formula is C45H62N2O7. The van der Waals surface area contributed by atoms with Gasteiger partial charge in [0.25, 0.3) is 0 Å². The van der Waals surface area contributed by atoms with Gasteiger partial charge in [-0.25, -0.2) is 0 Å². The van der Waals surface area contributed by atoms with Gasteiger partial charge in [0.15, 0.2) is 0 Å². The van der Waals surface area contributed by atoms with Crippen molar-refractivity contribution in [1.82, 2.24) is 4.90 Å². The summed E-state index contributed by atoms with van der Waals surface area (Å²) in [5.41, 5.74) is 3.73. The monoisotopic (exact) mass is 742 g/mol. The first-order valence-electron chi connectivity index (χ1n) is 20.7. The third kappa shape index (κ3) is 8.90. The maximum Gasteiger partial charge on any atom is 0.239 e. The Bertz CT molecular complexity index is 1590. The first kappa shape index (κ1) is 40.0. The van der Waals surface area contributed by atoms with Crippen LogP contribution in [0.25, 0.3) is 0 Å². The Balaban J connectivity index is 1.52.